The lowest BCUT2D eigenvalue weighted by Crippen LogP contribution is -2.57. The van der Waals surface area contributed by atoms with Gasteiger partial charge in [0.2, 0.25) is 17.7 Å². The molecule has 0 saturated carbocycles. The Balaban J connectivity index is 2.25. The van der Waals surface area contributed by atoms with Crippen LogP contribution in [0.25, 0.3) is 10.9 Å². The van der Waals surface area contributed by atoms with E-state index in [0.717, 1.165) is 22.9 Å². The van der Waals surface area contributed by atoms with Gasteiger partial charge in [0, 0.05) is 23.5 Å². The third-order valence-electron chi connectivity index (χ3n) is 7.18. The molecule has 0 aliphatic rings. The summed E-state index contributed by atoms with van der Waals surface area (Å²) in [4.78, 5) is 54.9. The Morgan fingerprint density at radius 2 is 1.24 bits per heavy atom. The van der Waals surface area contributed by atoms with Gasteiger partial charge in [0.1, 0.15) is 18.1 Å². The molecule has 13 N–H and O–H groups in total. The fourth-order valence-electron chi connectivity index (χ4n) is 4.70. The lowest BCUT2D eigenvalue weighted by atomic mass is 10.0. The van der Waals surface area contributed by atoms with Gasteiger partial charge >= 0.3 is 5.97 Å². The number of para-hydroxylation sites is 1. The van der Waals surface area contributed by atoms with Gasteiger partial charge in [-0.1, -0.05) is 24.6 Å². The molecule has 42 heavy (non-hydrogen) atoms. The van der Waals surface area contributed by atoms with Crippen LogP contribution in [0.5, 0.6) is 0 Å². The van der Waals surface area contributed by atoms with Gasteiger partial charge in [-0.25, -0.2) is 4.79 Å². The monoisotopic (exact) mass is 588 g/mol. The molecule has 0 fully saturated rings. The first-order valence-electron chi connectivity index (χ1n) is 14.8. The van der Waals surface area contributed by atoms with Crippen LogP contribution in [0.15, 0.2) is 30.5 Å². The number of nitrogens with two attached hydrogens (primary N) is 4. The molecular formula is C29H48N8O5. The first kappa shape index (κ1) is 34.7. The van der Waals surface area contributed by atoms with E-state index < -0.39 is 47.9 Å². The summed E-state index contributed by atoms with van der Waals surface area (Å²) in [5.74, 6) is -2.84. The minimum absolute atomic E-state index is 0.144. The van der Waals surface area contributed by atoms with E-state index in [-0.39, 0.29) is 19.3 Å². The topological polar surface area (TPSA) is 244 Å². The maximum absolute atomic E-state index is 13.7. The van der Waals surface area contributed by atoms with Crippen molar-refractivity contribution in [3.63, 3.8) is 0 Å². The third-order valence-corrected chi connectivity index (χ3v) is 7.18. The quantitative estimate of drug-likeness (QED) is 0.0887. The van der Waals surface area contributed by atoms with E-state index in [1.165, 1.54) is 0 Å². The average Bonchev–Trinajstić information content (AvgIpc) is 3.38. The number of carbonyl (C=O) groups excluding carboxylic acids is 3. The number of nitrogens with one attached hydrogen (secondary N) is 4. The minimum atomic E-state index is -1.17. The number of H-pyrrole nitrogens is 1. The summed E-state index contributed by atoms with van der Waals surface area (Å²) < 4.78 is 0. The van der Waals surface area contributed by atoms with Crippen molar-refractivity contribution in [3.05, 3.63) is 36.0 Å². The highest BCUT2D eigenvalue weighted by atomic mass is 16.4. The number of carboxylic acid groups (broad SMARTS) is 1. The SMILES string of the molecule is NCCCC[C@H](NC(=O)[C@H](CCCCN)NC(=O)[C@H](Cc1c[nH]c2ccccc12)NC(=O)[C@@H](N)CCCCN)C(=O)O. The van der Waals surface area contributed by atoms with Crippen LogP contribution >= 0.6 is 0 Å². The second-order valence-electron chi connectivity index (χ2n) is 10.5. The van der Waals surface area contributed by atoms with Crippen molar-refractivity contribution in [3.8, 4) is 0 Å². The summed E-state index contributed by atoms with van der Waals surface area (Å²) in [6.07, 6.45) is 6.49. The molecule has 13 nitrogen and oxygen atoms in total. The van der Waals surface area contributed by atoms with Crippen LogP contribution in [0.3, 0.4) is 0 Å². The summed E-state index contributed by atoms with van der Waals surface area (Å²) >= 11 is 0. The van der Waals surface area contributed by atoms with Crippen LogP contribution in [0, 0.1) is 0 Å². The van der Waals surface area contributed by atoms with Crippen LogP contribution in [-0.4, -0.2) is 77.6 Å². The van der Waals surface area contributed by atoms with Gasteiger partial charge in [-0.15, -0.1) is 0 Å². The molecule has 0 unspecified atom stereocenters. The standard InChI is InChI=1S/C29H48N8O5/c30-14-6-3-10-21(33)26(38)37-25(17-19-18-34-22-11-2-1-9-20(19)22)28(40)35-23(12-4-7-15-31)27(39)36-24(29(41)42)13-5-8-16-32/h1-2,9,11,18,21,23-25,34H,3-8,10,12-17,30-33H2,(H,35,40)(H,36,39)(H,37,38)(H,41,42)/t21-,23-,24-,25-/m0/s1. The minimum Gasteiger partial charge on any atom is -0.480 e. The number of aromatic nitrogens is 1. The van der Waals surface area contributed by atoms with Crippen molar-refractivity contribution in [1.29, 1.82) is 0 Å². The van der Waals surface area contributed by atoms with Crippen molar-refractivity contribution in [2.45, 2.75) is 88.4 Å². The van der Waals surface area contributed by atoms with Crippen molar-refractivity contribution in [1.82, 2.24) is 20.9 Å². The van der Waals surface area contributed by atoms with Crippen molar-refractivity contribution in [2.75, 3.05) is 19.6 Å². The molecule has 2 aromatic rings. The highest BCUT2D eigenvalue weighted by Gasteiger charge is 2.30. The first-order valence-corrected chi connectivity index (χ1v) is 14.8. The molecule has 0 saturated heterocycles. The molecule has 234 valence electrons. The number of hydrogen-bond acceptors (Lipinski definition) is 8. The Morgan fingerprint density at radius 3 is 1.86 bits per heavy atom. The predicted octanol–water partition coefficient (Wildman–Crippen LogP) is -0.0363. The van der Waals surface area contributed by atoms with Crippen LogP contribution in [0.2, 0.25) is 0 Å². The molecule has 4 atom stereocenters. The summed E-state index contributed by atoms with van der Waals surface area (Å²) in [6, 6.07) is 3.57. The van der Waals surface area contributed by atoms with Crippen LogP contribution in [-0.2, 0) is 25.6 Å². The molecule has 3 amide bonds. The summed E-state index contributed by atoms with van der Waals surface area (Å²) in [6.45, 7) is 1.31. The number of aliphatic carboxylic acids is 1. The van der Waals surface area contributed by atoms with Gasteiger partial charge in [-0.2, -0.15) is 0 Å². The van der Waals surface area contributed by atoms with E-state index in [9.17, 15) is 24.3 Å². The predicted molar refractivity (Wildman–Crippen MR) is 162 cm³/mol. The Kier molecular flexibility index (Phi) is 15.5. The van der Waals surface area contributed by atoms with Gasteiger partial charge in [0.05, 0.1) is 6.04 Å². The molecule has 0 bridgehead atoms. The number of hydrogen-bond donors (Lipinski definition) is 9. The first-order chi connectivity index (χ1) is 20.2. The number of rotatable bonds is 21. The third kappa shape index (κ3) is 11.4. The lowest BCUT2D eigenvalue weighted by Gasteiger charge is -2.25. The maximum Gasteiger partial charge on any atom is 0.326 e. The molecule has 0 aliphatic heterocycles. The van der Waals surface area contributed by atoms with E-state index in [0.29, 0.717) is 58.2 Å². The number of unbranched alkanes of at least 4 members (excludes halogenated alkanes) is 3. The Bertz CT molecular complexity index is 1140. The van der Waals surface area contributed by atoms with Crippen LogP contribution in [0.4, 0.5) is 0 Å². The van der Waals surface area contributed by atoms with E-state index in [4.69, 9.17) is 22.9 Å². The maximum atomic E-state index is 13.7. The number of fused-ring (bicyclic) bond motifs is 1. The highest BCUT2D eigenvalue weighted by molar-refractivity contribution is 5.94. The van der Waals surface area contributed by atoms with Crippen molar-refractivity contribution < 1.29 is 24.3 Å². The Hall–Kier alpha value is -3.52. The Labute approximate surface area is 246 Å². The van der Waals surface area contributed by atoms with Crippen LogP contribution < -0.4 is 38.9 Å². The van der Waals surface area contributed by atoms with E-state index in [1.54, 1.807) is 6.20 Å². The van der Waals surface area contributed by atoms with Gasteiger partial charge < -0.3 is 49.0 Å². The highest BCUT2D eigenvalue weighted by Crippen LogP contribution is 2.19. The zero-order chi connectivity index (χ0) is 30.9. The zero-order valence-corrected chi connectivity index (χ0v) is 24.3. The second kappa shape index (κ2) is 18.8. The van der Waals surface area contributed by atoms with Crippen molar-refractivity contribution >= 4 is 34.6 Å². The van der Waals surface area contributed by atoms with Gasteiger partial charge in [0.25, 0.3) is 0 Å². The number of carbonyl (C=O) groups is 4. The molecule has 13 heteroatoms. The normalized spacial score (nSPS) is 14.1. The summed E-state index contributed by atoms with van der Waals surface area (Å²) in [7, 11) is 0. The number of amides is 3. The molecule has 1 aromatic carbocycles. The Morgan fingerprint density at radius 1 is 0.714 bits per heavy atom. The van der Waals surface area contributed by atoms with E-state index >= 15 is 0 Å². The average molecular weight is 589 g/mol. The fraction of sp³-hybridized carbons (Fsp3) is 0.586. The van der Waals surface area contributed by atoms with E-state index in [2.05, 4.69) is 20.9 Å². The molecular weight excluding hydrogens is 540 g/mol. The van der Waals surface area contributed by atoms with E-state index in [1.807, 2.05) is 24.3 Å². The lowest BCUT2D eigenvalue weighted by molar-refractivity contribution is -0.142. The molecule has 1 heterocycles. The second-order valence-corrected chi connectivity index (χ2v) is 10.5. The molecule has 0 aliphatic carbocycles. The largest absolute Gasteiger partial charge is 0.480 e. The number of benzene rings is 1. The number of aromatic amines is 1. The van der Waals surface area contributed by atoms with Gasteiger partial charge in [0.15, 0.2) is 0 Å². The van der Waals surface area contributed by atoms with Gasteiger partial charge in [-0.3, -0.25) is 14.4 Å². The van der Waals surface area contributed by atoms with Gasteiger partial charge in [-0.05, 0) is 82.6 Å². The zero-order valence-electron chi connectivity index (χ0n) is 24.3. The fourth-order valence-corrected chi connectivity index (χ4v) is 4.70. The molecule has 2 rings (SSSR count). The molecule has 0 radical (unpaired) electrons. The summed E-state index contributed by atoms with van der Waals surface area (Å²) in [5, 5.41) is 18.6. The smallest absolute Gasteiger partial charge is 0.326 e. The molecule has 0 spiro atoms. The number of carboxylic acids is 1. The van der Waals surface area contributed by atoms with Crippen LogP contribution in [0.1, 0.15) is 63.4 Å². The molecule has 1 aromatic heterocycles. The summed E-state index contributed by atoms with van der Waals surface area (Å²) in [5.41, 5.74) is 24.5. The van der Waals surface area contributed by atoms with Crippen molar-refractivity contribution in [2.24, 2.45) is 22.9 Å².